The highest BCUT2D eigenvalue weighted by Gasteiger charge is 2.46. The molecule has 1 rings (SSSR count). The van der Waals surface area contributed by atoms with Crippen LogP contribution in [0.5, 0.6) is 0 Å². The van der Waals surface area contributed by atoms with Gasteiger partial charge in [0.25, 0.3) is 0 Å². The first kappa shape index (κ1) is 14.2. The molecule has 6 N–H and O–H groups in total. The fourth-order valence-corrected chi connectivity index (χ4v) is 2.34. The highest BCUT2D eigenvalue weighted by Crippen LogP contribution is 2.28. The molecule has 0 aromatic carbocycles. The van der Waals surface area contributed by atoms with Gasteiger partial charge in [0, 0.05) is 0 Å². The van der Waals surface area contributed by atoms with Gasteiger partial charge in [-0.3, -0.25) is 0 Å². The molecule has 0 aromatic rings. The van der Waals surface area contributed by atoms with E-state index in [2.05, 4.69) is 0 Å². The summed E-state index contributed by atoms with van der Waals surface area (Å²) in [7, 11) is 0. The lowest BCUT2D eigenvalue weighted by Crippen LogP contribution is -2.63. The normalized spacial score (nSPS) is 44.1. The Bertz CT molecular complexity index is 228. The summed E-state index contributed by atoms with van der Waals surface area (Å²) in [6.07, 6.45) is -3.84. The van der Waals surface area contributed by atoms with Crippen molar-refractivity contribution in [2.45, 2.75) is 48.9 Å². The largest absolute Gasteiger partial charge is 0.392 e. The molecule has 0 aliphatic carbocycles. The fourth-order valence-electron chi connectivity index (χ4n) is 1.66. The molecular formula is C9H19NO5S. The molecule has 2 unspecified atom stereocenters. The Balaban J connectivity index is 2.78. The molecule has 1 aliphatic rings. The van der Waals surface area contributed by atoms with Crippen LogP contribution >= 0.6 is 11.8 Å². The number of thioether (sulfide) groups is 1. The molecule has 16 heavy (non-hydrogen) atoms. The maximum atomic E-state index is 9.71. The molecule has 7 heteroatoms. The molecule has 1 heterocycles. The Morgan fingerprint density at radius 3 is 2.19 bits per heavy atom. The second kappa shape index (κ2) is 5.63. The molecule has 1 saturated heterocycles. The molecule has 7 atom stereocenters. The van der Waals surface area contributed by atoms with Gasteiger partial charge in [-0.15, -0.1) is 11.8 Å². The molecule has 0 aromatic heterocycles. The number of rotatable bonds is 3. The van der Waals surface area contributed by atoms with E-state index in [1.54, 1.807) is 6.26 Å². The SMILES string of the molecule is CS[C@H]1OC(C(N)[C@H](C)O)[C@H](O)[C@H](O)[C@H]1O. The molecule has 0 bridgehead atoms. The lowest BCUT2D eigenvalue weighted by molar-refractivity contribution is -0.207. The molecule has 0 amide bonds. The van der Waals surface area contributed by atoms with Crippen molar-refractivity contribution in [2.24, 2.45) is 5.73 Å². The van der Waals surface area contributed by atoms with Crippen LogP contribution in [0.1, 0.15) is 6.92 Å². The lowest BCUT2D eigenvalue weighted by Gasteiger charge is -2.42. The van der Waals surface area contributed by atoms with Crippen molar-refractivity contribution in [3.8, 4) is 0 Å². The van der Waals surface area contributed by atoms with E-state index in [0.29, 0.717) is 0 Å². The van der Waals surface area contributed by atoms with Crippen LogP contribution in [0.25, 0.3) is 0 Å². The number of ether oxygens (including phenoxy) is 1. The smallest absolute Gasteiger partial charge is 0.132 e. The van der Waals surface area contributed by atoms with Gasteiger partial charge in [-0.2, -0.15) is 0 Å². The van der Waals surface area contributed by atoms with Crippen molar-refractivity contribution < 1.29 is 25.2 Å². The predicted octanol–water partition coefficient (Wildman–Crippen LogP) is -2.13. The summed E-state index contributed by atoms with van der Waals surface area (Å²) in [5.74, 6) is 0. The van der Waals surface area contributed by atoms with Gasteiger partial charge >= 0.3 is 0 Å². The van der Waals surface area contributed by atoms with E-state index in [1.165, 1.54) is 18.7 Å². The van der Waals surface area contributed by atoms with Crippen LogP contribution in [-0.4, -0.2) is 68.7 Å². The Morgan fingerprint density at radius 2 is 1.75 bits per heavy atom. The molecule has 0 radical (unpaired) electrons. The van der Waals surface area contributed by atoms with Crippen LogP contribution in [0.3, 0.4) is 0 Å². The van der Waals surface area contributed by atoms with Crippen LogP contribution in [-0.2, 0) is 4.74 Å². The second-order valence-electron chi connectivity index (χ2n) is 3.99. The number of aliphatic hydroxyl groups is 4. The lowest BCUT2D eigenvalue weighted by atomic mass is 9.93. The van der Waals surface area contributed by atoms with Crippen molar-refractivity contribution in [2.75, 3.05) is 6.26 Å². The van der Waals surface area contributed by atoms with Gasteiger partial charge in [0.2, 0.25) is 0 Å². The van der Waals surface area contributed by atoms with Gasteiger partial charge in [-0.05, 0) is 13.2 Å². The predicted molar refractivity (Wildman–Crippen MR) is 59.9 cm³/mol. The molecule has 1 aliphatic heterocycles. The number of aliphatic hydroxyl groups excluding tert-OH is 4. The number of nitrogens with two attached hydrogens (primary N) is 1. The molecule has 6 nitrogen and oxygen atoms in total. The van der Waals surface area contributed by atoms with E-state index in [9.17, 15) is 20.4 Å². The van der Waals surface area contributed by atoms with Crippen LogP contribution in [0.4, 0.5) is 0 Å². The topological polar surface area (TPSA) is 116 Å². The molecular weight excluding hydrogens is 234 g/mol. The van der Waals surface area contributed by atoms with E-state index in [1.807, 2.05) is 0 Å². The van der Waals surface area contributed by atoms with Crippen molar-refractivity contribution >= 4 is 11.8 Å². The van der Waals surface area contributed by atoms with Crippen LogP contribution in [0.15, 0.2) is 0 Å². The van der Waals surface area contributed by atoms with Gasteiger partial charge in [0.15, 0.2) is 0 Å². The Labute approximate surface area is 98.4 Å². The number of hydrogen-bond donors (Lipinski definition) is 5. The number of hydrogen-bond acceptors (Lipinski definition) is 7. The summed E-state index contributed by atoms with van der Waals surface area (Å²) in [6, 6.07) is -0.813. The molecule has 0 saturated carbocycles. The van der Waals surface area contributed by atoms with Gasteiger partial charge < -0.3 is 30.9 Å². The second-order valence-corrected chi connectivity index (χ2v) is 4.93. The van der Waals surface area contributed by atoms with E-state index in [4.69, 9.17) is 10.5 Å². The highest BCUT2D eigenvalue weighted by molar-refractivity contribution is 7.99. The third-order valence-corrected chi connectivity index (χ3v) is 3.63. The average molecular weight is 253 g/mol. The summed E-state index contributed by atoms with van der Waals surface area (Å²) in [4.78, 5) is 0. The summed E-state index contributed by atoms with van der Waals surface area (Å²) < 4.78 is 5.37. The summed E-state index contributed by atoms with van der Waals surface area (Å²) >= 11 is 1.21. The van der Waals surface area contributed by atoms with Crippen molar-refractivity contribution in [1.82, 2.24) is 0 Å². The van der Waals surface area contributed by atoms with Gasteiger partial charge in [0.1, 0.15) is 29.9 Å². The van der Waals surface area contributed by atoms with Crippen molar-refractivity contribution in [3.63, 3.8) is 0 Å². The Morgan fingerprint density at radius 1 is 1.19 bits per heavy atom. The van der Waals surface area contributed by atoms with Gasteiger partial charge in [-0.25, -0.2) is 0 Å². The Kier molecular flexibility index (Phi) is 4.99. The standard InChI is InChI=1S/C9H19NO5S/c1-3(11)4(10)8-6(13)5(12)7(14)9(15-8)16-2/h3-9,11-14H,10H2,1-2H3/t3-,4?,5-,6+,7+,8?,9+/m0/s1. The first-order valence-electron chi connectivity index (χ1n) is 5.06. The molecule has 1 fully saturated rings. The zero-order valence-corrected chi connectivity index (χ0v) is 10.0. The summed E-state index contributed by atoms with van der Waals surface area (Å²) in [6.45, 7) is 1.48. The maximum absolute atomic E-state index is 9.71. The first-order chi connectivity index (χ1) is 7.40. The van der Waals surface area contributed by atoms with Crippen LogP contribution in [0, 0.1) is 0 Å². The minimum Gasteiger partial charge on any atom is -0.392 e. The monoisotopic (exact) mass is 253 g/mol. The fraction of sp³-hybridized carbons (Fsp3) is 1.00. The third kappa shape index (κ3) is 2.67. The minimum absolute atomic E-state index is 0.659. The summed E-state index contributed by atoms with van der Waals surface area (Å²) in [5.41, 5.74) is 5.01. The zero-order chi connectivity index (χ0) is 12.5. The van der Waals surface area contributed by atoms with Crippen LogP contribution in [0.2, 0.25) is 0 Å². The third-order valence-electron chi connectivity index (χ3n) is 2.78. The van der Waals surface area contributed by atoms with Gasteiger partial charge in [-0.1, -0.05) is 0 Å². The van der Waals surface area contributed by atoms with Gasteiger partial charge in [0.05, 0.1) is 12.1 Å². The van der Waals surface area contributed by atoms with E-state index < -0.39 is 42.0 Å². The Hall–Kier alpha value is 0.110. The zero-order valence-electron chi connectivity index (χ0n) is 9.22. The highest BCUT2D eigenvalue weighted by atomic mass is 32.2. The van der Waals surface area contributed by atoms with Crippen molar-refractivity contribution in [3.05, 3.63) is 0 Å². The van der Waals surface area contributed by atoms with E-state index in [0.717, 1.165) is 0 Å². The molecule has 0 spiro atoms. The van der Waals surface area contributed by atoms with E-state index >= 15 is 0 Å². The minimum atomic E-state index is -1.32. The van der Waals surface area contributed by atoms with Crippen molar-refractivity contribution in [1.29, 1.82) is 0 Å². The average Bonchev–Trinajstić information content (AvgIpc) is 2.25. The maximum Gasteiger partial charge on any atom is 0.132 e. The van der Waals surface area contributed by atoms with Crippen LogP contribution < -0.4 is 5.73 Å². The summed E-state index contributed by atoms with van der Waals surface area (Å²) in [5, 5.41) is 38.2. The molecule has 96 valence electrons. The first-order valence-corrected chi connectivity index (χ1v) is 6.35. The quantitative estimate of drug-likeness (QED) is 0.390. The van der Waals surface area contributed by atoms with E-state index in [-0.39, 0.29) is 0 Å².